The van der Waals surface area contributed by atoms with Crippen LogP contribution in [-0.4, -0.2) is 43.7 Å². The van der Waals surface area contributed by atoms with Crippen LogP contribution in [0.4, 0.5) is 5.69 Å². The molecule has 1 saturated heterocycles. The van der Waals surface area contributed by atoms with Crippen LogP contribution in [0.2, 0.25) is 0 Å². The van der Waals surface area contributed by atoms with Gasteiger partial charge in [0.15, 0.2) is 0 Å². The van der Waals surface area contributed by atoms with Gasteiger partial charge in [-0.05, 0) is 56.9 Å². The van der Waals surface area contributed by atoms with Crippen LogP contribution in [0.25, 0.3) is 10.9 Å². The molecule has 2 fully saturated rings. The van der Waals surface area contributed by atoms with E-state index in [0.717, 1.165) is 22.5 Å². The molecule has 29 heavy (non-hydrogen) atoms. The highest BCUT2D eigenvalue weighted by molar-refractivity contribution is 5.90. The number of benzene rings is 1. The lowest BCUT2D eigenvalue weighted by molar-refractivity contribution is 0.201. The third-order valence-electron chi connectivity index (χ3n) is 6.19. The molecule has 4 rings (SSSR count). The van der Waals surface area contributed by atoms with Crippen molar-refractivity contribution >= 4 is 16.6 Å². The second kappa shape index (κ2) is 12.0. The van der Waals surface area contributed by atoms with Crippen LogP contribution in [0.5, 0.6) is 5.88 Å². The number of hydrogen-bond donors (Lipinski definition) is 2. The molecule has 160 valence electrons. The maximum Gasteiger partial charge on any atom is 0.213 e. The maximum absolute atomic E-state index is 5.10. The third-order valence-corrected chi connectivity index (χ3v) is 6.19. The zero-order valence-corrected chi connectivity index (χ0v) is 18.3. The number of piperidine rings is 1. The predicted octanol–water partition coefficient (Wildman–Crippen LogP) is 5.23. The molecule has 1 saturated carbocycles. The van der Waals surface area contributed by atoms with E-state index < -0.39 is 0 Å². The van der Waals surface area contributed by atoms with E-state index in [2.05, 4.69) is 20.7 Å². The summed E-state index contributed by atoms with van der Waals surface area (Å²) in [5, 5.41) is 1.08. The van der Waals surface area contributed by atoms with Crippen molar-refractivity contribution in [2.75, 3.05) is 39.2 Å². The molecule has 1 aromatic heterocycles. The third kappa shape index (κ3) is 6.86. The Balaban J connectivity index is 0.000000166. The van der Waals surface area contributed by atoms with Crippen molar-refractivity contribution in [2.45, 2.75) is 57.8 Å². The minimum atomic E-state index is 0.618. The fraction of sp³-hybridized carbons (Fsp3) is 0.625. The molecule has 1 aliphatic heterocycles. The number of pyridine rings is 1. The number of anilines is 1. The monoisotopic (exact) mass is 398 g/mol. The van der Waals surface area contributed by atoms with E-state index in [1.807, 2.05) is 37.4 Å². The van der Waals surface area contributed by atoms with Gasteiger partial charge in [0.25, 0.3) is 0 Å². The standard InChI is InChI=1S/C13H25N.C11H13N3O/c1-3-7-13(8-4-1)9-12-14-10-5-2-6-11-14;1-12-14-9-5-3-4-8-6-7-10(15-2)13-11(8)9/h13H,1-12H2;3-7,12,14H,1-2H3. The summed E-state index contributed by atoms with van der Waals surface area (Å²) in [5.74, 6) is 1.69. The molecule has 1 aromatic carbocycles. The van der Waals surface area contributed by atoms with E-state index in [-0.39, 0.29) is 0 Å². The van der Waals surface area contributed by atoms with E-state index in [0.29, 0.717) is 5.88 Å². The van der Waals surface area contributed by atoms with Crippen molar-refractivity contribution in [2.24, 2.45) is 5.92 Å². The number of hydrazine groups is 1. The number of likely N-dealkylation sites (tertiary alicyclic amines) is 1. The Morgan fingerprint density at radius 2 is 1.76 bits per heavy atom. The SMILES string of the molecule is C1CCC(CCN2CCCCC2)CC1.CNNc1cccc2ccc(OC)nc12. The molecule has 2 aliphatic rings. The molecule has 5 nitrogen and oxygen atoms in total. The van der Waals surface area contributed by atoms with Crippen molar-refractivity contribution in [3.63, 3.8) is 0 Å². The average Bonchev–Trinajstić information content (AvgIpc) is 2.80. The van der Waals surface area contributed by atoms with Gasteiger partial charge in [-0.1, -0.05) is 50.7 Å². The molecule has 2 N–H and O–H groups in total. The number of para-hydroxylation sites is 1. The van der Waals surface area contributed by atoms with E-state index in [1.165, 1.54) is 77.4 Å². The Hall–Kier alpha value is -1.85. The van der Waals surface area contributed by atoms with Crippen molar-refractivity contribution in [3.8, 4) is 5.88 Å². The molecule has 0 radical (unpaired) electrons. The van der Waals surface area contributed by atoms with Gasteiger partial charge in [0.1, 0.15) is 0 Å². The van der Waals surface area contributed by atoms with E-state index in [4.69, 9.17) is 4.74 Å². The van der Waals surface area contributed by atoms with Gasteiger partial charge in [0.05, 0.1) is 18.3 Å². The van der Waals surface area contributed by atoms with Crippen molar-refractivity contribution in [1.82, 2.24) is 15.3 Å². The predicted molar refractivity (Wildman–Crippen MR) is 122 cm³/mol. The second-order valence-electron chi connectivity index (χ2n) is 8.30. The van der Waals surface area contributed by atoms with Crippen LogP contribution in [0.15, 0.2) is 30.3 Å². The van der Waals surface area contributed by atoms with E-state index >= 15 is 0 Å². The van der Waals surface area contributed by atoms with Crippen molar-refractivity contribution in [3.05, 3.63) is 30.3 Å². The highest BCUT2D eigenvalue weighted by Gasteiger charge is 2.16. The molecular weight excluding hydrogens is 360 g/mol. The fourth-order valence-corrected chi connectivity index (χ4v) is 4.50. The fourth-order valence-electron chi connectivity index (χ4n) is 4.50. The number of nitrogens with zero attached hydrogens (tertiary/aromatic N) is 2. The average molecular weight is 399 g/mol. The van der Waals surface area contributed by atoms with Crippen LogP contribution < -0.4 is 15.6 Å². The number of ether oxygens (including phenoxy) is 1. The number of nitrogens with one attached hydrogen (secondary N) is 2. The molecular formula is C24H38N4O. The number of hydrogen-bond acceptors (Lipinski definition) is 5. The lowest BCUT2D eigenvalue weighted by Crippen LogP contribution is -2.31. The summed E-state index contributed by atoms with van der Waals surface area (Å²) in [6, 6.07) is 9.80. The largest absolute Gasteiger partial charge is 0.481 e. The van der Waals surface area contributed by atoms with Crippen molar-refractivity contribution in [1.29, 1.82) is 0 Å². The highest BCUT2D eigenvalue weighted by atomic mass is 16.5. The maximum atomic E-state index is 5.10. The quantitative estimate of drug-likeness (QED) is 0.652. The first kappa shape index (κ1) is 21.8. The second-order valence-corrected chi connectivity index (χ2v) is 8.30. The first-order valence-corrected chi connectivity index (χ1v) is 11.4. The zero-order chi connectivity index (χ0) is 20.3. The highest BCUT2D eigenvalue weighted by Crippen LogP contribution is 2.27. The lowest BCUT2D eigenvalue weighted by atomic mass is 9.87. The first-order valence-electron chi connectivity index (χ1n) is 11.4. The first-order chi connectivity index (χ1) is 14.3. The molecule has 5 heteroatoms. The molecule has 0 spiro atoms. The molecule has 0 atom stereocenters. The topological polar surface area (TPSA) is 49.4 Å². The Morgan fingerprint density at radius 3 is 2.48 bits per heavy atom. The number of rotatable bonds is 6. The smallest absolute Gasteiger partial charge is 0.213 e. The molecule has 0 bridgehead atoms. The summed E-state index contributed by atoms with van der Waals surface area (Å²) in [5.41, 5.74) is 7.75. The molecule has 1 aliphatic carbocycles. The molecule has 0 unspecified atom stereocenters. The Labute approximate surface area is 176 Å². The summed E-state index contributed by atoms with van der Waals surface area (Å²) in [6.45, 7) is 4.16. The van der Waals surface area contributed by atoms with Crippen LogP contribution in [0.3, 0.4) is 0 Å². The number of aromatic nitrogens is 1. The van der Waals surface area contributed by atoms with Gasteiger partial charge in [-0.2, -0.15) is 0 Å². The Kier molecular flexibility index (Phi) is 9.03. The minimum absolute atomic E-state index is 0.618. The summed E-state index contributed by atoms with van der Waals surface area (Å²) in [4.78, 5) is 7.08. The van der Waals surface area contributed by atoms with Gasteiger partial charge >= 0.3 is 0 Å². The van der Waals surface area contributed by atoms with Gasteiger partial charge in [-0.15, -0.1) is 0 Å². The lowest BCUT2D eigenvalue weighted by Gasteiger charge is -2.29. The normalized spacial score (nSPS) is 18.1. The summed E-state index contributed by atoms with van der Waals surface area (Å²) >= 11 is 0. The molecule has 0 amide bonds. The van der Waals surface area contributed by atoms with Gasteiger partial charge in [-0.25, -0.2) is 10.4 Å². The Bertz CT molecular complexity index is 706. The van der Waals surface area contributed by atoms with E-state index in [9.17, 15) is 0 Å². The van der Waals surface area contributed by atoms with Crippen LogP contribution in [0.1, 0.15) is 57.8 Å². The number of fused-ring (bicyclic) bond motifs is 1. The molecule has 2 heterocycles. The van der Waals surface area contributed by atoms with Gasteiger partial charge in [0.2, 0.25) is 5.88 Å². The zero-order valence-electron chi connectivity index (χ0n) is 18.3. The summed E-state index contributed by atoms with van der Waals surface area (Å²) in [7, 11) is 3.43. The van der Waals surface area contributed by atoms with Gasteiger partial charge in [0, 0.05) is 18.5 Å². The van der Waals surface area contributed by atoms with Crippen LogP contribution in [0, 0.1) is 5.92 Å². The Morgan fingerprint density at radius 1 is 1.00 bits per heavy atom. The van der Waals surface area contributed by atoms with E-state index in [1.54, 1.807) is 7.11 Å². The molecule has 2 aromatic rings. The van der Waals surface area contributed by atoms with Gasteiger partial charge in [-0.3, -0.25) is 0 Å². The van der Waals surface area contributed by atoms with Gasteiger partial charge < -0.3 is 15.1 Å². The van der Waals surface area contributed by atoms with Crippen LogP contribution in [-0.2, 0) is 0 Å². The number of methoxy groups -OCH3 is 1. The summed E-state index contributed by atoms with van der Waals surface area (Å²) < 4.78 is 5.10. The van der Waals surface area contributed by atoms with Crippen molar-refractivity contribution < 1.29 is 4.74 Å². The minimum Gasteiger partial charge on any atom is -0.481 e. The van der Waals surface area contributed by atoms with Crippen LogP contribution >= 0.6 is 0 Å². The summed E-state index contributed by atoms with van der Waals surface area (Å²) in [6.07, 6.45) is 13.4.